The van der Waals surface area contributed by atoms with Crippen LogP contribution in [0.4, 0.5) is 34.1 Å². The van der Waals surface area contributed by atoms with Gasteiger partial charge in [-0.3, -0.25) is 0 Å². The number of nitrogens with zero attached hydrogens (tertiary/aromatic N) is 2. The molecule has 0 amide bonds. The second-order valence-corrected chi connectivity index (χ2v) is 15.2. The molecule has 0 atom stereocenters. The molecule has 11 aromatic rings. The second kappa shape index (κ2) is 13.3. The topological polar surface area (TPSA) is 19.6 Å². The van der Waals surface area contributed by atoms with Crippen LogP contribution in [0.1, 0.15) is 0 Å². The number of hydrogen-bond acceptors (Lipinski definition) is 4. The number of furan rings is 1. The van der Waals surface area contributed by atoms with Crippen LogP contribution in [-0.4, -0.2) is 0 Å². The first-order valence-corrected chi connectivity index (χ1v) is 19.7. The summed E-state index contributed by atoms with van der Waals surface area (Å²) >= 11 is 1.84. The Bertz CT molecular complexity index is 3150. The Hall–Kier alpha value is -7.14. The van der Waals surface area contributed by atoms with E-state index in [9.17, 15) is 0 Å². The van der Waals surface area contributed by atoms with Crippen LogP contribution >= 0.6 is 11.3 Å². The Morgan fingerprint density at radius 2 is 0.893 bits per heavy atom. The maximum absolute atomic E-state index is 6.45. The number of fused-ring (bicyclic) bond motifs is 7. The fourth-order valence-electron chi connectivity index (χ4n) is 8.17. The zero-order chi connectivity index (χ0) is 37.0. The average Bonchev–Trinajstić information content (AvgIpc) is 3.82. The van der Waals surface area contributed by atoms with E-state index in [1.165, 1.54) is 42.1 Å². The van der Waals surface area contributed by atoms with Gasteiger partial charge >= 0.3 is 0 Å². The van der Waals surface area contributed by atoms with E-state index in [1.54, 1.807) is 0 Å². The number of anilines is 6. The van der Waals surface area contributed by atoms with Crippen molar-refractivity contribution in [2.24, 2.45) is 0 Å². The highest BCUT2D eigenvalue weighted by molar-refractivity contribution is 7.26. The third kappa shape index (κ3) is 5.50. The van der Waals surface area contributed by atoms with Crippen molar-refractivity contribution in [2.45, 2.75) is 0 Å². The van der Waals surface area contributed by atoms with Crippen molar-refractivity contribution >= 4 is 98.3 Å². The van der Waals surface area contributed by atoms with Gasteiger partial charge in [-0.15, -0.1) is 11.3 Å². The lowest BCUT2D eigenvalue weighted by Gasteiger charge is -2.27. The molecular weight excluding hydrogens is 701 g/mol. The highest BCUT2D eigenvalue weighted by atomic mass is 32.1. The molecule has 0 N–H and O–H groups in total. The molecule has 0 radical (unpaired) electrons. The van der Waals surface area contributed by atoms with E-state index >= 15 is 0 Å². The molecule has 0 unspecified atom stereocenters. The minimum absolute atomic E-state index is 0.879. The van der Waals surface area contributed by atoms with Crippen molar-refractivity contribution in [1.82, 2.24) is 0 Å². The van der Waals surface area contributed by atoms with E-state index in [0.29, 0.717) is 0 Å². The summed E-state index contributed by atoms with van der Waals surface area (Å²) in [5.41, 5.74) is 10.8. The van der Waals surface area contributed by atoms with Crippen molar-refractivity contribution in [3.05, 3.63) is 206 Å². The predicted molar refractivity (Wildman–Crippen MR) is 239 cm³/mol. The Labute approximate surface area is 328 Å². The molecule has 9 aromatic carbocycles. The molecule has 3 nitrogen and oxygen atoms in total. The number of benzene rings is 9. The lowest BCUT2D eigenvalue weighted by Crippen LogP contribution is -2.10. The van der Waals surface area contributed by atoms with Gasteiger partial charge in [0.15, 0.2) is 0 Å². The van der Waals surface area contributed by atoms with E-state index in [4.69, 9.17) is 4.42 Å². The molecule has 0 saturated carbocycles. The fourth-order valence-corrected chi connectivity index (χ4v) is 9.28. The van der Waals surface area contributed by atoms with Gasteiger partial charge in [0.05, 0.1) is 5.69 Å². The lowest BCUT2D eigenvalue weighted by atomic mass is 10.0. The Kier molecular flexibility index (Phi) is 7.68. The monoisotopic (exact) mass is 734 g/mol. The van der Waals surface area contributed by atoms with Gasteiger partial charge in [-0.25, -0.2) is 0 Å². The van der Waals surface area contributed by atoms with Crippen molar-refractivity contribution in [2.75, 3.05) is 9.80 Å². The smallest absolute Gasteiger partial charge is 0.136 e. The lowest BCUT2D eigenvalue weighted by molar-refractivity contribution is 0.669. The van der Waals surface area contributed by atoms with Crippen LogP contribution in [0.5, 0.6) is 0 Å². The normalized spacial score (nSPS) is 11.6. The molecule has 0 aliphatic rings. The van der Waals surface area contributed by atoms with Crippen molar-refractivity contribution < 1.29 is 4.42 Å². The second-order valence-electron chi connectivity index (χ2n) is 14.2. The van der Waals surface area contributed by atoms with Gasteiger partial charge in [0.1, 0.15) is 11.2 Å². The summed E-state index contributed by atoms with van der Waals surface area (Å²) in [6, 6.07) is 73.9. The summed E-state index contributed by atoms with van der Waals surface area (Å²) in [7, 11) is 0. The van der Waals surface area contributed by atoms with E-state index in [1.807, 2.05) is 11.3 Å². The van der Waals surface area contributed by atoms with Gasteiger partial charge in [0.25, 0.3) is 0 Å². The van der Waals surface area contributed by atoms with Crippen LogP contribution in [0.25, 0.3) is 64.0 Å². The summed E-state index contributed by atoms with van der Waals surface area (Å²) in [5.74, 6) is 0. The summed E-state index contributed by atoms with van der Waals surface area (Å²) < 4.78 is 8.96. The first-order valence-electron chi connectivity index (χ1n) is 18.9. The van der Waals surface area contributed by atoms with Gasteiger partial charge in [-0.1, -0.05) is 109 Å². The predicted octanol–water partition coefficient (Wildman–Crippen LogP) is 15.7. The van der Waals surface area contributed by atoms with Gasteiger partial charge in [0, 0.05) is 59.4 Å². The molecule has 0 aliphatic carbocycles. The van der Waals surface area contributed by atoms with E-state index in [0.717, 1.165) is 56.1 Å². The van der Waals surface area contributed by atoms with E-state index < -0.39 is 0 Å². The number of para-hydroxylation sites is 2. The maximum atomic E-state index is 6.45. The Balaban J connectivity index is 1.12. The summed E-state index contributed by atoms with van der Waals surface area (Å²) in [4.78, 5) is 4.76. The molecule has 0 aliphatic heterocycles. The first kappa shape index (κ1) is 32.3. The summed E-state index contributed by atoms with van der Waals surface area (Å²) in [5, 5.41) is 7.05. The fraction of sp³-hybridized carbons (Fsp3) is 0. The highest BCUT2D eigenvalue weighted by Gasteiger charge is 2.21. The average molecular weight is 735 g/mol. The minimum Gasteiger partial charge on any atom is -0.456 e. The molecule has 0 fully saturated rings. The molecule has 0 bridgehead atoms. The Morgan fingerprint density at radius 1 is 0.339 bits per heavy atom. The van der Waals surface area contributed by atoms with Gasteiger partial charge < -0.3 is 14.2 Å². The minimum atomic E-state index is 0.879. The molecular formula is C52H34N2OS. The van der Waals surface area contributed by atoms with Crippen LogP contribution < -0.4 is 9.80 Å². The maximum Gasteiger partial charge on any atom is 0.136 e. The van der Waals surface area contributed by atoms with Crippen molar-refractivity contribution in [3.63, 3.8) is 0 Å². The molecule has 264 valence electrons. The third-order valence-electron chi connectivity index (χ3n) is 10.8. The van der Waals surface area contributed by atoms with Crippen molar-refractivity contribution in [1.29, 1.82) is 0 Å². The molecule has 0 saturated heterocycles. The molecule has 56 heavy (non-hydrogen) atoms. The van der Waals surface area contributed by atoms with Crippen LogP contribution in [0.3, 0.4) is 0 Å². The summed E-state index contributed by atoms with van der Waals surface area (Å²) in [6.45, 7) is 0. The molecule has 2 heterocycles. The highest BCUT2D eigenvalue weighted by Crippen LogP contribution is 2.47. The Morgan fingerprint density at radius 3 is 1.61 bits per heavy atom. The number of rotatable bonds is 7. The number of hydrogen-bond donors (Lipinski definition) is 0. The van der Waals surface area contributed by atoms with Crippen LogP contribution in [0, 0.1) is 0 Å². The molecule has 0 spiro atoms. The third-order valence-corrected chi connectivity index (χ3v) is 11.9. The zero-order valence-corrected chi connectivity index (χ0v) is 31.2. The van der Waals surface area contributed by atoms with E-state index in [-0.39, 0.29) is 0 Å². The van der Waals surface area contributed by atoms with Gasteiger partial charge in [0.2, 0.25) is 0 Å². The van der Waals surface area contributed by atoms with Crippen LogP contribution in [0.2, 0.25) is 0 Å². The zero-order valence-electron chi connectivity index (χ0n) is 30.3. The quantitative estimate of drug-likeness (QED) is 0.163. The molecule has 4 heteroatoms. The van der Waals surface area contributed by atoms with Crippen LogP contribution in [-0.2, 0) is 0 Å². The molecule has 11 rings (SSSR count). The van der Waals surface area contributed by atoms with E-state index in [2.05, 4.69) is 216 Å². The van der Waals surface area contributed by atoms with Crippen molar-refractivity contribution in [3.8, 4) is 11.1 Å². The standard InChI is InChI=1S/C52H34N2OS/c1-4-13-35(14-5-1)36-23-25-41(26-24-36)53(42-27-29-48-45(33-42)44-31-37-15-10-11-16-38(37)32-49(44)55-48)43-28-30-50-46(34-43)52-47(21-12-22-51(52)56-50)54(39-17-6-2-7-18-39)40-19-8-3-9-20-40/h1-34H. The largest absolute Gasteiger partial charge is 0.456 e. The molecule has 2 aromatic heterocycles. The summed E-state index contributed by atoms with van der Waals surface area (Å²) in [6.07, 6.45) is 0. The SMILES string of the molecule is c1ccc(-c2ccc(N(c3ccc4oc5cc6ccccc6cc5c4c3)c3ccc4sc5cccc(N(c6ccccc6)c6ccccc6)c5c4c3)cc2)cc1. The number of thiophene rings is 1. The van der Waals surface area contributed by atoms with Crippen LogP contribution in [0.15, 0.2) is 211 Å². The van der Waals surface area contributed by atoms with Gasteiger partial charge in [-0.2, -0.15) is 0 Å². The van der Waals surface area contributed by atoms with Gasteiger partial charge in [-0.05, 0) is 119 Å². The first-order chi connectivity index (χ1) is 27.7.